The molecule has 1 aliphatic heterocycles. The molecule has 1 atom stereocenters. The van der Waals surface area contributed by atoms with Crippen molar-refractivity contribution in [2.45, 2.75) is 19.8 Å². The summed E-state index contributed by atoms with van der Waals surface area (Å²) in [5, 5.41) is 8.91. The Kier molecular flexibility index (Phi) is 4.02. The van der Waals surface area contributed by atoms with Gasteiger partial charge in [-0.3, -0.25) is 0 Å². The Bertz CT molecular complexity index is 130. The summed E-state index contributed by atoms with van der Waals surface area (Å²) < 4.78 is 0. The van der Waals surface area contributed by atoms with Crippen LogP contribution in [0.3, 0.4) is 0 Å². The van der Waals surface area contributed by atoms with Crippen molar-refractivity contribution in [1.29, 1.82) is 0 Å². The third kappa shape index (κ3) is 2.88. The van der Waals surface area contributed by atoms with E-state index in [1.165, 1.54) is 23.5 Å². The molecule has 1 rings (SSSR count). The van der Waals surface area contributed by atoms with Crippen LogP contribution in [0.2, 0.25) is 0 Å². The number of allylic oxidation sites excluding steroid dienone is 1. The van der Waals surface area contributed by atoms with Crippen LogP contribution in [0.15, 0.2) is 11.6 Å². The van der Waals surface area contributed by atoms with E-state index in [2.05, 4.69) is 13.0 Å². The van der Waals surface area contributed by atoms with Crippen molar-refractivity contribution in [2.24, 2.45) is 5.92 Å². The zero-order valence-corrected chi connectivity index (χ0v) is 7.86. The second-order valence-electron chi connectivity index (χ2n) is 2.96. The number of hydrogen-bond donors (Lipinski definition) is 1. The molecule has 0 aromatic carbocycles. The lowest BCUT2D eigenvalue weighted by Gasteiger charge is -2.04. The zero-order chi connectivity index (χ0) is 8.10. The van der Waals surface area contributed by atoms with Crippen LogP contribution in [0.1, 0.15) is 19.8 Å². The number of aliphatic hydroxyl groups is 1. The average Bonchev–Trinajstić information content (AvgIpc) is 2.52. The fourth-order valence-corrected chi connectivity index (χ4v) is 2.50. The van der Waals surface area contributed by atoms with Gasteiger partial charge in [0, 0.05) is 0 Å². The molecule has 1 nitrogen and oxygen atoms in total. The first-order valence-corrected chi connectivity index (χ1v) is 5.40. The van der Waals surface area contributed by atoms with Crippen LogP contribution >= 0.6 is 11.8 Å². The highest BCUT2D eigenvalue weighted by Crippen LogP contribution is 2.25. The predicted molar refractivity (Wildman–Crippen MR) is 50.9 cm³/mol. The van der Waals surface area contributed by atoms with Gasteiger partial charge in [-0.15, -0.1) is 0 Å². The van der Waals surface area contributed by atoms with Gasteiger partial charge in [0.05, 0.1) is 6.61 Å². The molecule has 64 valence electrons. The fraction of sp³-hybridized carbons (Fsp3) is 0.778. The van der Waals surface area contributed by atoms with Crippen molar-refractivity contribution in [2.75, 3.05) is 18.1 Å². The van der Waals surface area contributed by atoms with Crippen LogP contribution in [0, 0.1) is 5.92 Å². The third-order valence-corrected chi connectivity index (χ3v) is 3.28. The summed E-state index contributed by atoms with van der Waals surface area (Å²) in [5.74, 6) is 3.29. The highest BCUT2D eigenvalue weighted by molar-refractivity contribution is 7.99. The first-order chi connectivity index (χ1) is 5.36. The Morgan fingerprint density at radius 3 is 3.00 bits per heavy atom. The van der Waals surface area contributed by atoms with E-state index in [1.54, 1.807) is 0 Å². The van der Waals surface area contributed by atoms with E-state index in [-0.39, 0.29) is 6.61 Å². The smallest absolute Gasteiger partial charge is 0.0641 e. The number of rotatable bonds is 3. The van der Waals surface area contributed by atoms with Crippen molar-refractivity contribution in [1.82, 2.24) is 0 Å². The molecule has 0 aliphatic carbocycles. The standard InChI is InChI=1S/C9H16OS/c1-2-8(6-10)5-9-3-4-11-7-9/h5,9-10H,2-4,6-7H2,1H3. The molecule has 1 unspecified atom stereocenters. The van der Waals surface area contributed by atoms with Gasteiger partial charge in [0.2, 0.25) is 0 Å². The molecule has 0 amide bonds. The minimum Gasteiger partial charge on any atom is -0.392 e. The highest BCUT2D eigenvalue weighted by Gasteiger charge is 2.12. The second kappa shape index (κ2) is 4.83. The maximum absolute atomic E-state index is 8.91. The summed E-state index contributed by atoms with van der Waals surface area (Å²) in [4.78, 5) is 0. The van der Waals surface area contributed by atoms with Gasteiger partial charge < -0.3 is 5.11 Å². The quantitative estimate of drug-likeness (QED) is 0.658. The van der Waals surface area contributed by atoms with Gasteiger partial charge in [0.15, 0.2) is 0 Å². The van der Waals surface area contributed by atoms with Crippen molar-refractivity contribution in [3.8, 4) is 0 Å². The van der Waals surface area contributed by atoms with Gasteiger partial charge in [0.1, 0.15) is 0 Å². The number of thioether (sulfide) groups is 1. The molecular weight excluding hydrogens is 156 g/mol. The summed E-state index contributed by atoms with van der Waals surface area (Å²) in [6, 6.07) is 0. The van der Waals surface area contributed by atoms with E-state index in [0.717, 1.165) is 12.3 Å². The second-order valence-corrected chi connectivity index (χ2v) is 4.11. The van der Waals surface area contributed by atoms with Gasteiger partial charge >= 0.3 is 0 Å². The molecule has 0 bridgehead atoms. The summed E-state index contributed by atoms with van der Waals surface area (Å²) in [7, 11) is 0. The lowest BCUT2D eigenvalue weighted by atomic mass is 10.0. The van der Waals surface area contributed by atoms with Crippen LogP contribution in [0.4, 0.5) is 0 Å². The highest BCUT2D eigenvalue weighted by atomic mass is 32.2. The van der Waals surface area contributed by atoms with E-state index in [4.69, 9.17) is 5.11 Å². The van der Waals surface area contributed by atoms with Gasteiger partial charge in [0.25, 0.3) is 0 Å². The molecule has 0 saturated carbocycles. The molecule has 1 saturated heterocycles. The van der Waals surface area contributed by atoms with Gasteiger partial charge in [-0.05, 0) is 35.8 Å². The summed E-state index contributed by atoms with van der Waals surface area (Å²) in [5.41, 5.74) is 1.21. The molecule has 1 aliphatic rings. The molecule has 11 heavy (non-hydrogen) atoms. The van der Waals surface area contributed by atoms with E-state index in [1.807, 2.05) is 11.8 Å². The Balaban J connectivity index is 2.40. The van der Waals surface area contributed by atoms with E-state index < -0.39 is 0 Å². The van der Waals surface area contributed by atoms with Gasteiger partial charge in [-0.2, -0.15) is 11.8 Å². The zero-order valence-electron chi connectivity index (χ0n) is 7.05. The van der Waals surface area contributed by atoms with Crippen molar-refractivity contribution >= 4 is 11.8 Å². The fourth-order valence-electron chi connectivity index (χ4n) is 1.30. The number of hydrogen-bond acceptors (Lipinski definition) is 2. The van der Waals surface area contributed by atoms with Crippen LogP contribution in [-0.2, 0) is 0 Å². The predicted octanol–water partition coefficient (Wildman–Crippen LogP) is 2.07. The summed E-state index contributed by atoms with van der Waals surface area (Å²) >= 11 is 2.02. The molecule has 1 heterocycles. The molecule has 0 aromatic heterocycles. The monoisotopic (exact) mass is 172 g/mol. The van der Waals surface area contributed by atoms with Gasteiger partial charge in [-0.1, -0.05) is 13.0 Å². The Morgan fingerprint density at radius 1 is 1.73 bits per heavy atom. The minimum absolute atomic E-state index is 0.248. The van der Waals surface area contributed by atoms with Crippen molar-refractivity contribution in [3.63, 3.8) is 0 Å². The maximum atomic E-state index is 8.91. The normalized spacial score (nSPS) is 26.0. The van der Waals surface area contributed by atoms with E-state index in [0.29, 0.717) is 0 Å². The average molecular weight is 172 g/mol. The maximum Gasteiger partial charge on any atom is 0.0641 e. The first kappa shape index (κ1) is 9.14. The molecule has 0 spiro atoms. The SMILES string of the molecule is CCC(=CC1CCSC1)CO. The van der Waals surface area contributed by atoms with E-state index in [9.17, 15) is 0 Å². The van der Waals surface area contributed by atoms with Crippen LogP contribution in [-0.4, -0.2) is 23.2 Å². The molecule has 2 heteroatoms. The van der Waals surface area contributed by atoms with Crippen molar-refractivity contribution < 1.29 is 5.11 Å². The first-order valence-electron chi connectivity index (χ1n) is 4.25. The Morgan fingerprint density at radius 2 is 2.55 bits per heavy atom. The molecular formula is C9H16OS. The number of aliphatic hydroxyl groups excluding tert-OH is 1. The molecule has 1 N–H and O–H groups in total. The van der Waals surface area contributed by atoms with Crippen LogP contribution in [0.5, 0.6) is 0 Å². The Hall–Kier alpha value is 0.0500. The van der Waals surface area contributed by atoms with Crippen LogP contribution in [0.25, 0.3) is 0 Å². The lowest BCUT2D eigenvalue weighted by molar-refractivity contribution is 0.326. The minimum atomic E-state index is 0.248. The third-order valence-electron chi connectivity index (χ3n) is 2.09. The summed E-state index contributed by atoms with van der Waals surface area (Å²) in [6.07, 6.45) is 4.56. The van der Waals surface area contributed by atoms with E-state index >= 15 is 0 Å². The van der Waals surface area contributed by atoms with Crippen molar-refractivity contribution in [3.05, 3.63) is 11.6 Å². The molecule has 1 fully saturated rings. The molecule has 0 aromatic rings. The molecule has 0 radical (unpaired) electrons. The summed E-state index contributed by atoms with van der Waals surface area (Å²) in [6.45, 7) is 2.35. The largest absolute Gasteiger partial charge is 0.392 e. The topological polar surface area (TPSA) is 20.2 Å². The van der Waals surface area contributed by atoms with Crippen LogP contribution < -0.4 is 0 Å². The Labute approximate surface area is 72.9 Å². The lowest BCUT2D eigenvalue weighted by Crippen LogP contribution is -1.97. The van der Waals surface area contributed by atoms with Gasteiger partial charge in [-0.25, -0.2) is 0 Å².